The largest absolute Gasteiger partial charge is 0.445 e. The van der Waals surface area contributed by atoms with E-state index in [0.29, 0.717) is 0 Å². The zero-order valence-corrected chi connectivity index (χ0v) is 12.9. The van der Waals surface area contributed by atoms with Crippen LogP contribution in [0.3, 0.4) is 0 Å². The average molecular weight is 319 g/mol. The van der Waals surface area contributed by atoms with E-state index in [2.05, 4.69) is 5.32 Å². The lowest BCUT2D eigenvalue weighted by molar-refractivity contribution is 0.141. The Hall–Kier alpha value is -2.10. The molecule has 0 spiro atoms. The molecule has 1 amide bonds. The second kappa shape index (κ2) is 7.78. The molecule has 2 N–H and O–H groups in total. The zero-order valence-electron chi connectivity index (χ0n) is 12.0. The van der Waals surface area contributed by atoms with E-state index < -0.39 is 13.5 Å². The van der Waals surface area contributed by atoms with Crippen molar-refractivity contribution in [1.82, 2.24) is 5.32 Å². The molecule has 0 saturated heterocycles. The molecular weight excluding hydrogens is 301 g/mol. The maximum atomic E-state index is 12.0. The minimum Gasteiger partial charge on any atom is -0.445 e. The van der Waals surface area contributed by atoms with E-state index in [1.165, 1.54) is 0 Å². The summed E-state index contributed by atoms with van der Waals surface area (Å²) in [5, 5.41) is 2.34. The summed E-state index contributed by atoms with van der Waals surface area (Å²) in [5.41, 5.74) is 1.61. The molecule has 0 aliphatic carbocycles. The molecule has 0 aromatic heterocycles. The van der Waals surface area contributed by atoms with Gasteiger partial charge in [-0.3, -0.25) is 4.57 Å². The number of alkyl carbamates (subject to hydrolysis) is 1. The third-order valence-corrected chi connectivity index (χ3v) is 4.47. The Morgan fingerprint density at radius 2 is 1.55 bits per heavy atom. The predicted molar refractivity (Wildman–Crippen MR) is 84.6 cm³/mol. The molecular formula is C16H18NO4P. The highest BCUT2D eigenvalue weighted by Crippen LogP contribution is 2.42. The standard InChI is InChI=1S/C16H18NO4P/c18-16(21-11-14-7-3-1-4-8-14)17-13-22(19,20)12-15-9-5-2-6-10-15/h1-10H,11-13H2,(H,17,18)(H,19,20). The van der Waals surface area contributed by atoms with Crippen molar-refractivity contribution in [2.24, 2.45) is 0 Å². The SMILES string of the molecule is O=C(NCP(=O)(O)Cc1ccccc1)OCc1ccccc1. The summed E-state index contributed by atoms with van der Waals surface area (Å²) in [6.45, 7) is 0.126. The highest BCUT2D eigenvalue weighted by molar-refractivity contribution is 7.57. The first-order valence-corrected chi connectivity index (χ1v) is 8.87. The van der Waals surface area contributed by atoms with Gasteiger partial charge in [0.1, 0.15) is 6.61 Å². The Labute approximate surface area is 129 Å². The minimum absolute atomic E-state index is 0.0206. The van der Waals surface area contributed by atoms with Crippen LogP contribution >= 0.6 is 7.37 Å². The summed E-state index contributed by atoms with van der Waals surface area (Å²) in [7, 11) is -3.48. The van der Waals surface area contributed by atoms with Crippen molar-refractivity contribution in [2.75, 3.05) is 6.29 Å². The Bertz CT molecular complexity index is 646. The van der Waals surface area contributed by atoms with E-state index in [4.69, 9.17) is 4.74 Å². The molecule has 0 aliphatic rings. The van der Waals surface area contributed by atoms with Gasteiger partial charge in [0, 0.05) is 0 Å². The first-order valence-electron chi connectivity index (χ1n) is 6.84. The van der Waals surface area contributed by atoms with Gasteiger partial charge in [0.25, 0.3) is 0 Å². The molecule has 0 aliphatic heterocycles. The lowest BCUT2D eigenvalue weighted by Crippen LogP contribution is -2.25. The number of carbonyl (C=O) groups excluding carboxylic acids is 1. The topological polar surface area (TPSA) is 75.6 Å². The number of carbonyl (C=O) groups is 1. The van der Waals surface area contributed by atoms with Gasteiger partial charge in [0.2, 0.25) is 7.37 Å². The molecule has 5 nitrogen and oxygen atoms in total. The van der Waals surface area contributed by atoms with Crippen LogP contribution in [0.15, 0.2) is 60.7 Å². The van der Waals surface area contributed by atoms with Crippen LogP contribution in [0.5, 0.6) is 0 Å². The number of rotatable bonds is 6. The van der Waals surface area contributed by atoms with E-state index in [1.54, 1.807) is 24.3 Å². The maximum absolute atomic E-state index is 12.0. The van der Waals surface area contributed by atoms with Crippen LogP contribution in [0.1, 0.15) is 11.1 Å². The van der Waals surface area contributed by atoms with Gasteiger partial charge in [-0.15, -0.1) is 0 Å². The van der Waals surface area contributed by atoms with Gasteiger partial charge in [0.05, 0.1) is 12.4 Å². The molecule has 1 unspecified atom stereocenters. The van der Waals surface area contributed by atoms with Crippen molar-refractivity contribution in [1.29, 1.82) is 0 Å². The molecule has 1 atom stereocenters. The zero-order chi connectivity index (χ0) is 15.8. The van der Waals surface area contributed by atoms with Gasteiger partial charge in [-0.2, -0.15) is 0 Å². The van der Waals surface area contributed by atoms with Crippen molar-refractivity contribution in [2.45, 2.75) is 12.8 Å². The van der Waals surface area contributed by atoms with Crippen molar-refractivity contribution < 1.29 is 19.0 Å². The van der Waals surface area contributed by atoms with E-state index in [9.17, 15) is 14.3 Å². The van der Waals surface area contributed by atoms with E-state index in [-0.39, 0.29) is 19.1 Å². The van der Waals surface area contributed by atoms with Gasteiger partial charge in [-0.25, -0.2) is 4.79 Å². The van der Waals surface area contributed by atoms with E-state index >= 15 is 0 Å². The van der Waals surface area contributed by atoms with Crippen LogP contribution in [-0.4, -0.2) is 17.3 Å². The smallest absolute Gasteiger partial charge is 0.407 e. The number of amides is 1. The van der Waals surface area contributed by atoms with Crippen LogP contribution in [0.25, 0.3) is 0 Å². The van der Waals surface area contributed by atoms with E-state index in [1.807, 2.05) is 36.4 Å². The van der Waals surface area contributed by atoms with E-state index in [0.717, 1.165) is 11.1 Å². The first kappa shape index (κ1) is 16.3. The highest BCUT2D eigenvalue weighted by atomic mass is 31.2. The van der Waals surface area contributed by atoms with Crippen molar-refractivity contribution in [3.63, 3.8) is 0 Å². The maximum Gasteiger partial charge on any atom is 0.407 e. The molecule has 0 radical (unpaired) electrons. The number of ether oxygens (including phenoxy) is 1. The number of hydrogen-bond acceptors (Lipinski definition) is 3. The molecule has 2 aromatic carbocycles. The highest BCUT2D eigenvalue weighted by Gasteiger charge is 2.20. The van der Waals surface area contributed by atoms with Gasteiger partial charge in [-0.05, 0) is 11.1 Å². The molecule has 0 bridgehead atoms. The third-order valence-electron chi connectivity index (χ3n) is 2.96. The number of nitrogens with one attached hydrogen (secondary N) is 1. The Morgan fingerprint density at radius 3 is 2.14 bits per heavy atom. The van der Waals surface area contributed by atoms with Crippen LogP contribution in [0.2, 0.25) is 0 Å². The molecule has 0 saturated carbocycles. The fourth-order valence-electron chi connectivity index (χ4n) is 1.89. The quantitative estimate of drug-likeness (QED) is 0.801. The van der Waals surface area contributed by atoms with Gasteiger partial charge in [0.15, 0.2) is 0 Å². The van der Waals surface area contributed by atoms with Gasteiger partial charge < -0.3 is 14.9 Å². The predicted octanol–water partition coefficient (Wildman–Crippen LogP) is 3.34. The molecule has 22 heavy (non-hydrogen) atoms. The normalized spacial score (nSPS) is 13.1. The first-order chi connectivity index (χ1) is 10.6. The lowest BCUT2D eigenvalue weighted by Gasteiger charge is -2.13. The lowest BCUT2D eigenvalue weighted by atomic mass is 10.2. The Balaban J connectivity index is 1.76. The summed E-state index contributed by atoms with van der Waals surface area (Å²) in [6, 6.07) is 18.2. The Morgan fingerprint density at radius 1 is 1.00 bits per heavy atom. The van der Waals surface area contributed by atoms with Crippen molar-refractivity contribution >= 4 is 13.5 Å². The molecule has 116 valence electrons. The van der Waals surface area contributed by atoms with Gasteiger partial charge in [-0.1, -0.05) is 60.7 Å². The fourth-order valence-corrected chi connectivity index (χ4v) is 3.16. The summed E-state index contributed by atoms with van der Waals surface area (Å²) >= 11 is 0. The van der Waals surface area contributed by atoms with Crippen LogP contribution in [-0.2, 0) is 22.1 Å². The van der Waals surface area contributed by atoms with Crippen LogP contribution in [0, 0.1) is 0 Å². The number of benzene rings is 2. The fraction of sp³-hybridized carbons (Fsp3) is 0.188. The summed E-state index contributed by atoms with van der Waals surface area (Å²) < 4.78 is 17.0. The van der Waals surface area contributed by atoms with Crippen LogP contribution in [0.4, 0.5) is 4.79 Å². The molecule has 0 fully saturated rings. The average Bonchev–Trinajstić information content (AvgIpc) is 2.53. The van der Waals surface area contributed by atoms with Crippen LogP contribution < -0.4 is 5.32 Å². The Kier molecular flexibility index (Phi) is 5.75. The number of hydrogen-bond donors (Lipinski definition) is 2. The summed E-state index contributed by atoms with van der Waals surface area (Å²) in [6.07, 6.45) is -0.992. The second-order valence-corrected chi connectivity index (χ2v) is 7.21. The minimum atomic E-state index is -3.48. The summed E-state index contributed by atoms with van der Waals surface area (Å²) in [4.78, 5) is 21.4. The van der Waals surface area contributed by atoms with Gasteiger partial charge >= 0.3 is 6.09 Å². The summed E-state index contributed by atoms with van der Waals surface area (Å²) in [5.74, 6) is 0. The third kappa shape index (κ3) is 5.72. The molecule has 2 rings (SSSR count). The molecule has 6 heteroatoms. The molecule has 2 aromatic rings. The van der Waals surface area contributed by atoms with Crippen molar-refractivity contribution in [3.8, 4) is 0 Å². The second-order valence-electron chi connectivity index (χ2n) is 4.89. The monoisotopic (exact) mass is 319 g/mol. The molecule has 0 heterocycles. The van der Waals surface area contributed by atoms with Crippen molar-refractivity contribution in [3.05, 3.63) is 71.8 Å².